The van der Waals surface area contributed by atoms with Gasteiger partial charge < -0.3 is 50.3 Å². The molecule has 0 aromatic heterocycles. The van der Waals surface area contributed by atoms with Crippen molar-refractivity contribution in [1.82, 2.24) is 0 Å². The second-order valence-electron chi connectivity index (χ2n) is 10.0. The van der Waals surface area contributed by atoms with Gasteiger partial charge in [0, 0.05) is 41.2 Å². The number of rotatable bonds is 3. The van der Waals surface area contributed by atoms with E-state index in [1.54, 1.807) is 12.1 Å². The zero-order valence-corrected chi connectivity index (χ0v) is 20.8. The lowest BCUT2D eigenvalue weighted by molar-refractivity contribution is 0.00188. The largest absolute Gasteiger partial charge is 0.508 e. The van der Waals surface area contributed by atoms with Gasteiger partial charge in [-0.05, 0) is 41.5 Å². The lowest BCUT2D eigenvalue weighted by atomic mass is 9.78. The van der Waals surface area contributed by atoms with Crippen molar-refractivity contribution in [1.29, 1.82) is 0 Å². The molecule has 206 valence electrons. The molecule has 0 spiro atoms. The highest BCUT2D eigenvalue weighted by Crippen LogP contribution is 2.55. The lowest BCUT2D eigenvalue weighted by Crippen LogP contribution is -2.36. The fraction of sp³-hybridized carbons (Fsp3) is 0.200. The molecule has 2 aliphatic rings. The molecule has 0 saturated heterocycles. The Morgan fingerprint density at radius 2 is 1.30 bits per heavy atom. The first-order valence-electron chi connectivity index (χ1n) is 12.5. The molecule has 6 rings (SSSR count). The van der Waals surface area contributed by atoms with Crippen LogP contribution in [0.15, 0.2) is 66.7 Å². The molecule has 5 unspecified atom stereocenters. The average Bonchev–Trinajstić information content (AvgIpc) is 2.92. The topological polar surface area (TPSA) is 180 Å². The molecular weight excluding hydrogens is 520 g/mol. The van der Waals surface area contributed by atoms with E-state index in [1.807, 2.05) is 0 Å². The first-order chi connectivity index (χ1) is 19.1. The smallest absolute Gasteiger partial charge is 0.157 e. The maximum absolute atomic E-state index is 11.7. The van der Waals surface area contributed by atoms with Crippen molar-refractivity contribution in [3.05, 3.63) is 94.5 Å². The molecule has 0 amide bonds. The Hall–Kier alpha value is -4.80. The molecule has 0 fully saturated rings. The van der Waals surface area contributed by atoms with Crippen molar-refractivity contribution in [3.63, 3.8) is 0 Å². The highest BCUT2D eigenvalue weighted by molar-refractivity contribution is 5.63. The van der Waals surface area contributed by atoms with Crippen LogP contribution in [0.1, 0.15) is 45.9 Å². The number of phenols is 6. The molecule has 10 heteroatoms. The average molecular weight is 547 g/mol. The van der Waals surface area contributed by atoms with Gasteiger partial charge in [-0.25, -0.2) is 0 Å². The normalized spacial score (nSPS) is 23.4. The number of ether oxygens (including phenoxy) is 2. The number of hydrogen-bond donors (Lipinski definition) is 8. The van der Waals surface area contributed by atoms with Crippen LogP contribution >= 0.6 is 0 Å². The summed E-state index contributed by atoms with van der Waals surface area (Å²) >= 11 is 0. The van der Waals surface area contributed by atoms with E-state index < -0.39 is 36.1 Å². The molecule has 8 N–H and O–H groups in total. The highest BCUT2D eigenvalue weighted by Gasteiger charge is 2.44. The molecule has 5 atom stereocenters. The van der Waals surface area contributed by atoms with E-state index in [2.05, 4.69) is 0 Å². The van der Waals surface area contributed by atoms with Gasteiger partial charge in [0.25, 0.3) is 0 Å². The third-order valence-electron chi connectivity index (χ3n) is 7.48. The van der Waals surface area contributed by atoms with Crippen molar-refractivity contribution in [2.75, 3.05) is 0 Å². The van der Waals surface area contributed by atoms with Crippen LogP contribution in [0, 0.1) is 0 Å². The summed E-state index contributed by atoms with van der Waals surface area (Å²) in [6.45, 7) is 0. The van der Waals surface area contributed by atoms with Gasteiger partial charge in [0.05, 0.1) is 6.10 Å². The molecule has 4 aromatic rings. The Morgan fingerprint density at radius 1 is 0.600 bits per heavy atom. The maximum Gasteiger partial charge on any atom is 0.157 e. The Labute approximate surface area is 227 Å². The van der Waals surface area contributed by atoms with Gasteiger partial charge in [-0.15, -0.1) is 0 Å². The first kappa shape index (κ1) is 25.5. The molecule has 0 bridgehead atoms. The predicted molar refractivity (Wildman–Crippen MR) is 140 cm³/mol. The van der Waals surface area contributed by atoms with E-state index >= 15 is 0 Å². The van der Waals surface area contributed by atoms with E-state index in [1.165, 1.54) is 48.5 Å². The van der Waals surface area contributed by atoms with Gasteiger partial charge in [0.2, 0.25) is 0 Å². The van der Waals surface area contributed by atoms with Crippen LogP contribution in [0.2, 0.25) is 0 Å². The van der Waals surface area contributed by atoms with Crippen LogP contribution in [0.3, 0.4) is 0 Å². The minimum Gasteiger partial charge on any atom is -0.508 e. The second-order valence-corrected chi connectivity index (χ2v) is 10.0. The van der Waals surface area contributed by atoms with Crippen LogP contribution in [0.5, 0.6) is 46.0 Å². The Bertz CT molecular complexity index is 1600. The van der Waals surface area contributed by atoms with Gasteiger partial charge in [0.1, 0.15) is 46.7 Å². The third kappa shape index (κ3) is 4.14. The molecule has 0 radical (unpaired) electrons. The summed E-state index contributed by atoms with van der Waals surface area (Å²) in [5, 5.41) is 84.3. The number of aliphatic hydroxyl groups is 2. The van der Waals surface area contributed by atoms with Gasteiger partial charge in [-0.1, -0.05) is 24.3 Å². The molecule has 2 aliphatic heterocycles. The first-order valence-corrected chi connectivity index (χ1v) is 12.5. The van der Waals surface area contributed by atoms with Crippen molar-refractivity contribution < 1.29 is 50.3 Å². The molecular formula is C30H26O10. The van der Waals surface area contributed by atoms with Crippen molar-refractivity contribution in [2.24, 2.45) is 0 Å². The summed E-state index contributed by atoms with van der Waals surface area (Å²) in [5.74, 6) is -2.30. The minimum atomic E-state index is -1.39. The van der Waals surface area contributed by atoms with Crippen molar-refractivity contribution >= 4 is 0 Å². The van der Waals surface area contributed by atoms with Crippen molar-refractivity contribution in [2.45, 2.75) is 36.8 Å². The molecule has 2 heterocycles. The van der Waals surface area contributed by atoms with E-state index in [4.69, 9.17) is 9.47 Å². The van der Waals surface area contributed by atoms with E-state index in [0.29, 0.717) is 16.7 Å². The van der Waals surface area contributed by atoms with E-state index in [-0.39, 0.29) is 57.8 Å². The number of aliphatic hydroxyl groups excluding tert-OH is 2. The fourth-order valence-corrected chi connectivity index (χ4v) is 5.55. The monoisotopic (exact) mass is 546 g/mol. The van der Waals surface area contributed by atoms with Crippen LogP contribution in [-0.2, 0) is 6.42 Å². The second kappa shape index (κ2) is 9.44. The van der Waals surface area contributed by atoms with Crippen LogP contribution in [0.4, 0.5) is 0 Å². The predicted octanol–water partition coefficient (Wildman–Crippen LogP) is 3.58. The summed E-state index contributed by atoms with van der Waals surface area (Å²) in [6, 6.07) is 15.5. The van der Waals surface area contributed by atoms with Crippen LogP contribution < -0.4 is 9.47 Å². The van der Waals surface area contributed by atoms with Crippen LogP contribution in [0.25, 0.3) is 0 Å². The zero-order valence-electron chi connectivity index (χ0n) is 20.8. The molecule has 0 saturated carbocycles. The summed E-state index contributed by atoms with van der Waals surface area (Å²) in [7, 11) is 0. The molecule has 10 nitrogen and oxygen atoms in total. The Morgan fingerprint density at radius 3 is 2.02 bits per heavy atom. The summed E-state index contributed by atoms with van der Waals surface area (Å²) < 4.78 is 12.3. The zero-order chi connectivity index (χ0) is 28.3. The quantitative estimate of drug-likeness (QED) is 0.177. The Balaban J connectivity index is 1.53. The lowest BCUT2D eigenvalue weighted by Gasteiger charge is -2.40. The number of aromatic hydroxyl groups is 6. The number of fused-ring (bicyclic) bond motifs is 2. The van der Waals surface area contributed by atoms with Crippen molar-refractivity contribution in [3.8, 4) is 46.0 Å². The SMILES string of the molecule is Oc1ccc(C2Oc3c(c(O)cc(O)c3C3c4ccc(O)cc4OC(c4ccc(O)c(O)c4)C3O)CC2O)cc1. The van der Waals surface area contributed by atoms with Gasteiger partial charge in [-0.2, -0.15) is 0 Å². The molecule has 40 heavy (non-hydrogen) atoms. The number of hydrogen-bond acceptors (Lipinski definition) is 10. The summed E-state index contributed by atoms with van der Waals surface area (Å²) in [5.41, 5.74) is 1.61. The Kier molecular flexibility index (Phi) is 6.01. The standard InChI is InChI=1S/C30H26O10/c31-15-4-1-13(2-5-15)28-23(37)11-18-20(34)12-22(36)26(30(18)40-28)25-17-7-6-16(32)10-24(17)39-29(27(25)38)14-3-8-19(33)21(35)9-14/h1-10,12,23,25,27-29,31-38H,11H2. The third-order valence-corrected chi connectivity index (χ3v) is 7.48. The summed E-state index contributed by atoms with van der Waals surface area (Å²) in [6.07, 6.45) is -4.53. The van der Waals surface area contributed by atoms with Crippen LogP contribution in [-0.4, -0.2) is 53.1 Å². The minimum absolute atomic E-state index is 0.0296. The molecule has 0 aliphatic carbocycles. The van der Waals surface area contributed by atoms with Gasteiger partial charge >= 0.3 is 0 Å². The van der Waals surface area contributed by atoms with E-state index in [9.17, 15) is 40.9 Å². The van der Waals surface area contributed by atoms with Gasteiger partial charge in [-0.3, -0.25) is 0 Å². The number of benzene rings is 4. The van der Waals surface area contributed by atoms with Gasteiger partial charge in [0.15, 0.2) is 17.6 Å². The van der Waals surface area contributed by atoms with E-state index in [0.717, 1.165) is 6.07 Å². The number of phenolic OH excluding ortho intramolecular Hbond substituents is 6. The summed E-state index contributed by atoms with van der Waals surface area (Å²) in [4.78, 5) is 0. The fourth-order valence-electron chi connectivity index (χ4n) is 5.55. The maximum atomic E-state index is 11.7. The highest BCUT2D eigenvalue weighted by atomic mass is 16.5. The molecule has 4 aromatic carbocycles.